The highest BCUT2D eigenvalue weighted by atomic mass is 16.4. The number of hydrogen-bond acceptors (Lipinski definition) is 3. The third-order valence-corrected chi connectivity index (χ3v) is 4.36. The molecule has 1 N–H and O–H groups in total. The summed E-state index contributed by atoms with van der Waals surface area (Å²) in [6, 6.07) is 6.74. The number of hydrogen-bond donors (Lipinski definition) is 1. The van der Waals surface area contributed by atoms with Crippen molar-refractivity contribution in [3.05, 3.63) is 48.2 Å². The molecular formula is C18H18N2O4. The maximum absolute atomic E-state index is 12.4. The number of carboxylic acids is 1. The van der Waals surface area contributed by atoms with Crippen LogP contribution in [-0.4, -0.2) is 44.8 Å². The zero-order valence-electron chi connectivity index (χ0n) is 13.3. The van der Waals surface area contributed by atoms with Gasteiger partial charge in [-0.05, 0) is 25.0 Å². The van der Waals surface area contributed by atoms with E-state index in [2.05, 4.69) is 0 Å². The number of rotatable bonds is 4. The van der Waals surface area contributed by atoms with E-state index >= 15 is 0 Å². The molecule has 2 heterocycles. The molecular weight excluding hydrogens is 308 g/mol. The first kappa shape index (κ1) is 16.0. The number of carbonyl (C=O) groups is 3. The van der Waals surface area contributed by atoms with Gasteiger partial charge in [0.1, 0.15) is 6.04 Å². The van der Waals surface area contributed by atoms with E-state index in [1.165, 1.54) is 17.1 Å². The average molecular weight is 326 g/mol. The monoisotopic (exact) mass is 326 g/mol. The topological polar surface area (TPSA) is 79.6 Å². The van der Waals surface area contributed by atoms with Crippen molar-refractivity contribution in [3.63, 3.8) is 0 Å². The lowest BCUT2D eigenvalue weighted by Crippen LogP contribution is -2.39. The number of nitrogens with zero attached hydrogens (tertiary/aromatic N) is 2. The lowest BCUT2D eigenvalue weighted by Gasteiger charge is -2.19. The molecule has 0 unspecified atom stereocenters. The Hall–Kier alpha value is -2.89. The number of carboxylic acid groups (broad SMARTS) is 1. The number of aliphatic carboxylic acids is 1. The van der Waals surface area contributed by atoms with E-state index in [9.17, 15) is 14.4 Å². The van der Waals surface area contributed by atoms with Crippen LogP contribution in [0.3, 0.4) is 0 Å². The molecule has 1 aliphatic rings. The van der Waals surface area contributed by atoms with Crippen molar-refractivity contribution < 1.29 is 19.5 Å². The zero-order chi connectivity index (χ0) is 17.3. The Kier molecular flexibility index (Phi) is 4.20. The molecule has 24 heavy (non-hydrogen) atoms. The quantitative estimate of drug-likeness (QED) is 0.688. The SMILES string of the molecule is Cn1cc(C(=O)C=CC(=O)N2CCC[C@H]2C(=O)O)c2ccccc21. The number of allylic oxidation sites excluding steroid dienone is 1. The number of amides is 1. The van der Waals surface area contributed by atoms with Crippen LogP contribution in [0, 0.1) is 0 Å². The lowest BCUT2D eigenvalue weighted by molar-refractivity contribution is -0.146. The summed E-state index contributed by atoms with van der Waals surface area (Å²) < 4.78 is 1.86. The standard InChI is InChI=1S/C18H18N2O4/c1-19-11-13(12-5-2-3-6-14(12)19)16(21)8-9-17(22)20-10-4-7-15(20)18(23)24/h2-3,5-6,8-9,11,15H,4,7,10H2,1H3,(H,23,24)/t15-/m0/s1. The second-order valence-corrected chi connectivity index (χ2v) is 5.90. The van der Waals surface area contributed by atoms with Crippen LogP contribution in [0.5, 0.6) is 0 Å². The summed E-state index contributed by atoms with van der Waals surface area (Å²) in [7, 11) is 1.86. The van der Waals surface area contributed by atoms with E-state index in [4.69, 9.17) is 5.11 Å². The van der Waals surface area contributed by atoms with Gasteiger partial charge in [-0.3, -0.25) is 9.59 Å². The summed E-state index contributed by atoms with van der Waals surface area (Å²) >= 11 is 0. The minimum Gasteiger partial charge on any atom is -0.480 e. The first-order valence-corrected chi connectivity index (χ1v) is 7.79. The van der Waals surface area contributed by atoms with Crippen molar-refractivity contribution in [2.75, 3.05) is 6.54 Å². The Morgan fingerprint density at radius 3 is 2.71 bits per heavy atom. The van der Waals surface area contributed by atoms with E-state index in [1.807, 2.05) is 35.9 Å². The second kappa shape index (κ2) is 6.31. The van der Waals surface area contributed by atoms with Crippen molar-refractivity contribution in [3.8, 4) is 0 Å². The highest BCUT2D eigenvalue weighted by Gasteiger charge is 2.32. The minimum absolute atomic E-state index is 0.272. The first-order valence-electron chi connectivity index (χ1n) is 7.79. The molecule has 124 valence electrons. The molecule has 2 aromatic rings. The molecule has 1 aromatic heterocycles. The van der Waals surface area contributed by atoms with Crippen molar-refractivity contribution in [2.45, 2.75) is 18.9 Å². The summed E-state index contributed by atoms with van der Waals surface area (Å²) in [6.07, 6.45) is 5.24. The largest absolute Gasteiger partial charge is 0.480 e. The number of carbonyl (C=O) groups excluding carboxylic acids is 2. The molecule has 6 heteroatoms. The fraction of sp³-hybridized carbons (Fsp3) is 0.278. The number of likely N-dealkylation sites (tertiary alicyclic amines) is 1. The fourth-order valence-electron chi connectivity index (χ4n) is 3.16. The van der Waals surface area contributed by atoms with E-state index < -0.39 is 17.9 Å². The third-order valence-electron chi connectivity index (χ3n) is 4.36. The smallest absolute Gasteiger partial charge is 0.326 e. The Labute approximate surface area is 139 Å². The number of aromatic nitrogens is 1. The highest BCUT2D eigenvalue weighted by Crippen LogP contribution is 2.21. The normalized spacial score (nSPS) is 17.7. The van der Waals surface area contributed by atoms with Crippen LogP contribution in [0.25, 0.3) is 10.9 Å². The maximum atomic E-state index is 12.4. The summed E-state index contributed by atoms with van der Waals surface area (Å²) in [6.45, 7) is 0.405. The Morgan fingerprint density at radius 2 is 1.96 bits per heavy atom. The summed E-state index contributed by atoms with van der Waals surface area (Å²) in [5.41, 5.74) is 1.46. The van der Waals surface area contributed by atoms with Gasteiger partial charge < -0.3 is 14.6 Å². The predicted octanol–water partition coefficient (Wildman–Crippen LogP) is 1.99. The molecule has 1 aromatic carbocycles. The van der Waals surface area contributed by atoms with Gasteiger partial charge in [-0.1, -0.05) is 18.2 Å². The van der Waals surface area contributed by atoms with Crippen molar-refractivity contribution in [1.29, 1.82) is 0 Å². The Bertz CT molecular complexity index is 850. The molecule has 1 atom stereocenters. The molecule has 1 saturated heterocycles. The third kappa shape index (κ3) is 2.82. The molecule has 0 radical (unpaired) electrons. The van der Waals surface area contributed by atoms with Gasteiger partial charge in [-0.15, -0.1) is 0 Å². The van der Waals surface area contributed by atoms with Crippen molar-refractivity contribution in [2.24, 2.45) is 7.05 Å². The number of fused-ring (bicyclic) bond motifs is 1. The number of para-hydroxylation sites is 1. The van der Waals surface area contributed by atoms with Gasteiger partial charge in [-0.25, -0.2) is 4.79 Å². The molecule has 6 nitrogen and oxygen atoms in total. The summed E-state index contributed by atoms with van der Waals surface area (Å²) in [4.78, 5) is 37.0. The Morgan fingerprint density at radius 1 is 1.21 bits per heavy atom. The van der Waals surface area contributed by atoms with Gasteiger partial charge in [0.25, 0.3) is 0 Å². The van der Waals surface area contributed by atoms with Crippen LogP contribution < -0.4 is 0 Å². The zero-order valence-corrected chi connectivity index (χ0v) is 13.3. The lowest BCUT2D eigenvalue weighted by atomic mass is 10.1. The first-order chi connectivity index (χ1) is 11.5. The molecule has 1 aliphatic heterocycles. The molecule has 0 saturated carbocycles. The maximum Gasteiger partial charge on any atom is 0.326 e. The van der Waals surface area contributed by atoms with Crippen molar-refractivity contribution in [1.82, 2.24) is 9.47 Å². The van der Waals surface area contributed by atoms with Gasteiger partial charge in [0, 0.05) is 42.3 Å². The van der Waals surface area contributed by atoms with Crippen molar-refractivity contribution >= 4 is 28.6 Å². The second-order valence-electron chi connectivity index (χ2n) is 5.90. The van der Waals surface area contributed by atoms with E-state index in [0.29, 0.717) is 24.9 Å². The Balaban J connectivity index is 1.80. The van der Waals surface area contributed by atoms with Gasteiger partial charge >= 0.3 is 5.97 Å². The average Bonchev–Trinajstić information content (AvgIpc) is 3.18. The van der Waals surface area contributed by atoms with Crippen LogP contribution in [0.2, 0.25) is 0 Å². The van der Waals surface area contributed by atoms with E-state index in [1.54, 1.807) is 6.20 Å². The summed E-state index contributed by atoms with van der Waals surface area (Å²) in [5.74, 6) is -1.71. The van der Waals surface area contributed by atoms with Crippen LogP contribution in [-0.2, 0) is 16.6 Å². The van der Waals surface area contributed by atoms with Gasteiger partial charge in [0.15, 0.2) is 5.78 Å². The fourth-order valence-corrected chi connectivity index (χ4v) is 3.16. The summed E-state index contributed by atoms with van der Waals surface area (Å²) in [5, 5.41) is 9.95. The molecule has 0 spiro atoms. The highest BCUT2D eigenvalue weighted by molar-refractivity contribution is 6.15. The molecule has 1 amide bonds. The minimum atomic E-state index is -1.00. The van der Waals surface area contributed by atoms with Crippen LogP contribution in [0.1, 0.15) is 23.2 Å². The van der Waals surface area contributed by atoms with Crippen LogP contribution >= 0.6 is 0 Å². The number of aryl methyl sites for hydroxylation is 1. The molecule has 3 rings (SSSR count). The molecule has 0 aliphatic carbocycles. The molecule has 0 bridgehead atoms. The van der Waals surface area contributed by atoms with Crippen LogP contribution in [0.4, 0.5) is 0 Å². The molecule has 1 fully saturated rings. The van der Waals surface area contributed by atoms with Gasteiger partial charge in [-0.2, -0.15) is 0 Å². The van der Waals surface area contributed by atoms with E-state index in [0.717, 1.165) is 10.9 Å². The predicted molar refractivity (Wildman–Crippen MR) is 88.8 cm³/mol. The number of ketones is 1. The van der Waals surface area contributed by atoms with Crippen LogP contribution in [0.15, 0.2) is 42.6 Å². The van der Waals surface area contributed by atoms with E-state index in [-0.39, 0.29) is 5.78 Å². The number of benzene rings is 1. The van der Waals surface area contributed by atoms with Gasteiger partial charge in [0.05, 0.1) is 0 Å². The van der Waals surface area contributed by atoms with Gasteiger partial charge in [0.2, 0.25) is 5.91 Å².